The van der Waals surface area contributed by atoms with Gasteiger partial charge in [0.05, 0.1) is 0 Å². The molecule has 0 amide bonds. The summed E-state index contributed by atoms with van der Waals surface area (Å²) in [7, 11) is 0. The van der Waals surface area contributed by atoms with Crippen LogP contribution in [0.25, 0.3) is 0 Å². The summed E-state index contributed by atoms with van der Waals surface area (Å²) in [6.45, 7) is 0.287. The van der Waals surface area contributed by atoms with Gasteiger partial charge in [-0.1, -0.05) is 6.07 Å². The number of ether oxygens (including phenoxy) is 2. The van der Waals surface area contributed by atoms with E-state index < -0.39 is 0 Å². The summed E-state index contributed by atoms with van der Waals surface area (Å²) >= 11 is 0. The first-order chi connectivity index (χ1) is 11.2. The summed E-state index contributed by atoms with van der Waals surface area (Å²) in [4.78, 5) is 12.0. The normalized spacial score (nSPS) is 16.1. The third kappa shape index (κ3) is 4.10. The Morgan fingerprint density at radius 1 is 1.22 bits per heavy atom. The van der Waals surface area contributed by atoms with Gasteiger partial charge in [-0.15, -0.1) is 12.3 Å². The van der Waals surface area contributed by atoms with Crippen LogP contribution in [0.2, 0.25) is 0 Å². The van der Waals surface area contributed by atoms with Gasteiger partial charge in [-0.2, -0.15) is 10.2 Å². The van der Waals surface area contributed by atoms with Crippen LogP contribution in [-0.4, -0.2) is 18.2 Å². The van der Waals surface area contributed by atoms with Gasteiger partial charge in [0.25, 0.3) is 0 Å². The Hall–Kier alpha value is -2.35. The average Bonchev–Trinajstić information content (AvgIpc) is 3.18. The van der Waals surface area contributed by atoms with Crippen LogP contribution in [0.15, 0.2) is 28.4 Å². The topological polar surface area (TPSA) is 60.2 Å². The van der Waals surface area contributed by atoms with Crippen molar-refractivity contribution >= 4 is 5.78 Å². The number of carbonyl (C=O) groups excluding carboxylic acids is 1. The summed E-state index contributed by atoms with van der Waals surface area (Å²) in [6.07, 6.45) is 10.2. The zero-order valence-electron chi connectivity index (χ0n) is 13.1. The zero-order valence-corrected chi connectivity index (χ0v) is 13.1. The smallest absolute Gasteiger partial charge is 0.231 e. The molecule has 2 heterocycles. The first-order valence-corrected chi connectivity index (χ1v) is 7.98. The van der Waals surface area contributed by atoms with Crippen molar-refractivity contribution in [2.75, 3.05) is 6.79 Å². The molecule has 0 atom stereocenters. The Kier molecular flexibility index (Phi) is 4.61. The van der Waals surface area contributed by atoms with E-state index in [1.807, 2.05) is 18.2 Å². The van der Waals surface area contributed by atoms with E-state index in [9.17, 15) is 4.79 Å². The molecular formula is C18H20N2O3. The summed E-state index contributed by atoms with van der Waals surface area (Å²) in [5, 5.41) is 8.11. The van der Waals surface area contributed by atoms with E-state index in [2.05, 4.69) is 16.1 Å². The van der Waals surface area contributed by atoms with Crippen molar-refractivity contribution in [3.8, 4) is 23.8 Å². The van der Waals surface area contributed by atoms with Crippen LogP contribution in [0, 0.1) is 12.3 Å². The quantitative estimate of drug-likeness (QED) is 0.654. The van der Waals surface area contributed by atoms with Gasteiger partial charge in [0.1, 0.15) is 5.78 Å². The van der Waals surface area contributed by atoms with Crippen molar-refractivity contribution in [1.82, 2.24) is 0 Å². The van der Waals surface area contributed by atoms with E-state index in [1.54, 1.807) is 0 Å². The van der Waals surface area contributed by atoms with Gasteiger partial charge in [-0.05, 0) is 30.5 Å². The molecular weight excluding hydrogens is 292 g/mol. The Morgan fingerprint density at radius 3 is 2.83 bits per heavy atom. The Balaban J connectivity index is 1.36. The van der Waals surface area contributed by atoms with Gasteiger partial charge in [-0.25, -0.2) is 0 Å². The van der Waals surface area contributed by atoms with Crippen LogP contribution < -0.4 is 9.47 Å². The number of ketones is 1. The number of terminal acetylenes is 1. The van der Waals surface area contributed by atoms with Gasteiger partial charge < -0.3 is 9.47 Å². The fraction of sp³-hybridized carbons (Fsp3) is 0.500. The standard InChI is InChI=1S/C18H20N2O3/c1-2-3-10-18(19-20-18)11-9-15(21)6-4-5-14-7-8-16-17(12-14)23-13-22-16/h1,7-8,12H,3-6,9-11,13H2. The number of rotatable bonds is 9. The van der Waals surface area contributed by atoms with Gasteiger partial charge in [0, 0.05) is 32.1 Å². The summed E-state index contributed by atoms with van der Waals surface area (Å²) < 4.78 is 10.6. The maximum Gasteiger partial charge on any atom is 0.231 e. The van der Waals surface area contributed by atoms with E-state index in [1.165, 1.54) is 5.56 Å². The molecule has 120 valence electrons. The highest BCUT2D eigenvalue weighted by Crippen LogP contribution is 2.37. The second-order valence-electron chi connectivity index (χ2n) is 5.97. The first-order valence-electron chi connectivity index (χ1n) is 7.98. The Labute approximate surface area is 136 Å². The number of Topliss-reactive ketones (excluding diaryl/α,β-unsaturated/α-hetero) is 1. The minimum atomic E-state index is -0.348. The van der Waals surface area contributed by atoms with E-state index >= 15 is 0 Å². The second kappa shape index (κ2) is 6.82. The van der Waals surface area contributed by atoms with Crippen molar-refractivity contribution in [2.45, 2.75) is 50.6 Å². The minimum absolute atomic E-state index is 0.267. The molecule has 0 fully saturated rings. The molecule has 0 saturated heterocycles. The third-order valence-electron chi connectivity index (χ3n) is 4.21. The number of nitrogens with zero attached hydrogens (tertiary/aromatic N) is 2. The molecule has 2 aliphatic heterocycles. The lowest BCUT2D eigenvalue weighted by Crippen LogP contribution is -2.13. The molecule has 0 radical (unpaired) electrons. The largest absolute Gasteiger partial charge is 0.454 e. The molecule has 0 aromatic heterocycles. The van der Waals surface area contributed by atoms with E-state index in [4.69, 9.17) is 15.9 Å². The van der Waals surface area contributed by atoms with Gasteiger partial charge >= 0.3 is 0 Å². The summed E-state index contributed by atoms with van der Waals surface area (Å²) in [5.41, 5.74) is 0.819. The summed E-state index contributed by atoms with van der Waals surface area (Å²) in [5.74, 6) is 4.45. The number of benzene rings is 1. The van der Waals surface area contributed by atoms with E-state index in [0.717, 1.165) is 30.8 Å². The monoisotopic (exact) mass is 312 g/mol. The SMILES string of the molecule is C#CCCC1(CCC(=O)CCCc2ccc3c(c2)OCO3)N=N1. The molecule has 0 aliphatic carbocycles. The molecule has 0 N–H and O–H groups in total. The van der Waals surface area contributed by atoms with Crippen LogP contribution in [0.3, 0.4) is 0 Å². The van der Waals surface area contributed by atoms with Crippen molar-refractivity contribution in [3.63, 3.8) is 0 Å². The fourth-order valence-electron chi connectivity index (χ4n) is 2.72. The fourth-order valence-corrected chi connectivity index (χ4v) is 2.72. The van der Waals surface area contributed by atoms with E-state index in [0.29, 0.717) is 25.7 Å². The number of carbonyl (C=O) groups is 1. The molecule has 0 saturated carbocycles. The zero-order chi connectivity index (χ0) is 16.1. The van der Waals surface area contributed by atoms with Crippen molar-refractivity contribution in [3.05, 3.63) is 23.8 Å². The highest BCUT2D eigenvalue weighted by atomic mass is 16.7. The molecule has 5 heteroatoms. The van der Waals surface area contributed by atoms with Gasteiger partial charge in [0.15, 0.2) is 17.2 Å². The molecule has 3 rings (SSSR count). The van der Waals surface area contributed by atoms with Crippen molar-refractivity contribution in [1.29, 1.82) is 0 Å². The maximum atomic E-state index is 12.0. The number of fused-ring (bicyclic) bond motifs is 1. The Bertz CT molecular complexity index is 655. The molecule has 5 nitrogen and oxygen atoms in total. The molecule has 0 unspecified atom stereocenters. The molecule has 1 aromatic carbocycles. The van der Waals surface area contributed by atoms with Crippen LogP contribution in [0.1, 0.15) is 44.1 Å². The number of aryl methyl sites for hydroxylation is 1. The second-order valence-corrected chi connectivity index (χ2v) is 5.97. The molecule has 0 bridgehead atoms. The van der Waals surface area contributed by atoms with Crippen LogP contribution >= 0.6 is 0 Å². The van der Waals surface area contributed by atoms with Gasteiger partial charge in [0.2, 0.25) is 6.79 Å². The lowest BCUT2D eigenvalue weighted by molar-refractivity contribution is -0.119. The third-order valence-corrected chi connectivity index (χ3v) is 4.21. The Morgan fingerprint density at radius 2 is 2.04 bits per heavy atom. The average molecular weight is 312 g/mol. The molecule has 1 aromatic rings. The minimum Gasteiger partial charge on any atom is -0.454 e. The van der Waals surface area contributed by atoms with Crippen molar-refractivity contribution < 1.29 is 14.3 Å². The molecule has 2 aliphatic rings. The lowest BCUT2D eigenvalue weighted by atomic mass is 9.98. The van der Waals surface area contributed by atoms with Crippen LogP contribution in [0.4, 0.5) is 0 Å². The highest BCUT2D eigenvalue weighted by Gasteiger charge is 2.39. The highest BCUT2D eigenvalue weighted by molar-refractivity contribution is 5.78. The van der Waals surface area contributed by atoms with Crippen molar-refractivity contribution in [2.24, 2.45) is 10.2 Å². The predicted molar refractivity (Wildman–Crippen MR) is 85.4 cm³/mol. The predicted octanol–water partition coefficient (Wildman–Crippen LogP) is 3.66. The number of hydrogen-bond acceptors (Lipinski definition) is 5. The van der Waals surface area contributed by atoms with Crippen LogP contribution in [-0.2, 0) is 11.2 Å². The van der Waals surface area contributed by atoms with Crippen LogP contribution in [0.5, 0.6) is 11.5 Å². The van der Waals surface area contributed by atoms with E-state index in [-0.39, 0.29) is 18.2 Å². The van der Waals surface area contributed by atoms with Gasteiger partial charge in [-0.3, -0.25) is 4.79 Å². The first kappa shape index (κ1) is 15.5. The molecule has 0 spiro atoms. The number of hydrogen-bond donors (Lipinski definition) is 0. The molecule has 23 heavy (non-hydrogen) atoms. The maximum absolute atomic E-state index is 12.0. The lowest BCUT2D eigenvalue weighted by Gasteiger charge is -2.08. The summed E-state index contributed by atoms with van der Waals surface area (Å²) in [6, 6.07) is 5.93.